The Hall–Kier alpha value is -0.880. The average Bonchev–Trinajstić information content (AvgIpc) is 2.66. The molecule has 1 heterocycles. The molecule has 0 amide bonds. The monoisotopic (exact) mass is 309 g/mol. The van der Waals surface area contributed by atoms with Gasteiger partial charge in [-0.15, -0.1) is 0 Å². The van der Waals surface area contributed by atoms with Crippen LogP contribution in [0.4, 0.5) is 0 Å². The Kier molecular flexibility index (Phi) is 2.83. The molecule has 0 unspecified atom stereocenters. The lowest BCUT2D eigenvalue weighted by Crippen LogP contribution is -2.59. The molecule has 4 aliphatic carbocycles. The van der Waals surface area contributed by atoms with Crippen LogP contribution in [0.1, 0.15) is 49.9 Å². The Morgan fingerprint density at radius 2 is 1.62 bits per heavy atom. The number of H-pyrrole nitrogens is 1. The van der Waals surface area contributed by atoms with E-state index < -0.39 is 10.0 Å². The van der Waals surface area contributed by atoms with Gasteiger partial charge in [0, 0.05) is 5.54 Å². The van der Waals surface area contributed by atoms with Gasteiger partial charge >= 0.3 is 0 Å². The number of sulfonamides is 1. The standard InChI is InChI=1S/C15H23N3O2S/c1-9-14(10(2)17-16-9)21(19,20)18-15-6-11-3-12(7-15)5-13(4-11)8-15/h11-13,18H,3-8H2,1-2H3,(H,16,17). The number of nitrogens with one attached hydrogen (secondary N) is 2. The van der Waals surface area contributed by atoms with Crippen LogP contribution in [0, 0.1) is 31.6 Å². The van der Waals surface area contributed by atoms with Gasteiger partial charge in [0.15, 0.2) is 0 Å². The van der Waals surface area contributed by atoms with Crippen molar-refractivity contribution in [2.75, 3.05) is 0 Å². The van der Waals surface area contributed by atoms with Crippen molar-refractivity contribution >= 4 is 10.0 Å². The molecule has 4 bridgehead atoms. The van der Waals surface area contributed by atoms with Gasteiger partial charge in [0.05, 0.1) is 11.4 Å². The molecule has 0 radical (unpaired) electrons. The second kappa shape index (κ2) is 4.32. The lowest BCUT2D eigenvalue weighted by Gasteiger charge is -2.56. The van der Waals surface area contributed by atoms with Gasteiger partial charge in [-0.25, -0.2) is 13.1 Å². The third-order valence-corrected chi connectivity index (χ3v) is 7.56. The van der Waals surface area contributed by atoms with Crippen molar-refractivity contribution in [3.05, 3.63) is 11.4 Å². The summed E-state index contributed by atoms with van der Waals surface area (Å²) in [6.07, 6.45) is 7.00. The first kappa shape index (κ1) is 13.8. The Morgan fingerprint density at radius 3 is 2.05 bits per heavy atom. The lowest BCUT2D eigenvalue weighted by atomic mass is 9.53. The van der Waals surface area contributed by atoms with Crippen molar-refractivity contribution in [2.45, 2.75) is 62.8 Å². The molecule has 0 aromatic carbocycles. The van der Waals surface area contributed by atoms with Gasteiger partial charge in [-0.2, -0.15) is 5.10 Å². The molecule has 5 rings (SSSR count). The maximum Gasteiger partial charge on any atom is 0.244 e. The van der Waals surface area contributed by atoms with E-state index in [1.54, 1.807) is 13.8 Å². The molecule has 0 atom stereocenters. The molecular weight excluding hydrogens is 286 g/mol. The molecule has 4 fully saturated rings. The summed E-state index contributed by atoms with van der Waals surface area (Å²) in [5.41, 5.74) is 0.999. The molecule has 0 saturated heterocycles. The van der Waals surface area contributed by atoms with Crippen LogP contribution in [0.25, 0.3) is 0 Å². The zero-order valence-corrected chi connectivity index (χ0v) is 13.5. The number of aromatic nitrogens is 2. The number of aromatic amines is 1. The topological polar surface area (TPSA) is 74.8 Å². The number of aryl methyl sites for hydroxylation is 2. The first-order valence-corrected chi connectivity index (χ1v) is 9.41. The van der Waals surface area contributed by atoms with Gasteiger partial charge < -0.3 is 0 Å². The van der Waals surface area contributed by atoms with E-state index in [0.29, 0.717) is 16.3 Å². The van der Waals surface area contributed by atoms with Crippen LogP contribution >= 0.6 is 0 Å². The highest BCUT2D eigenvalue weighted by molar-refractivity contribution is 7.89. The summed E-state index contributed by atoms with van der Waals surface area (Å²) in [6.45, 7) is 3.52. The van der Waals surface area contributed by atoms with Crippen molar-refractivity contribution in [2.24, 2.45) is 17.8 Å². The first-order chi connectivity index (χ1) is 9.87. The number of hydrogen-bond donors (Lipinski definition) is 2. The molecule has 1 aromatic heterocycles. The molecule has 0 aliphatic heterocycles. The van der Waals surface area contributed by atoms with Gasteiger partial charge in [-0.05, 0) is 70.1 Å². The van der Waals surface area contributed by atoms with E-state index in [4.69, 9.17) is 0 Å². The molecule has 4 aliphatic rings. The minimum Gasteiger partial charge on any atom is -0.281 e. The van der Waals surface area contributed by atoms with Crippen molar-refractivity contribution in [3.63, 3.8) is 0 Å². The van der Waals surface area contributed by atoms with E-state index in [0.717, 1.165) is 37.0 Å². The van der Waals surface area contributed by atoms with Crippen molar-refractivity contribution < 1.29 is 8.42 Å². The second-order valence-corrected chi connectivity index (χ2v) is 9.19. The van der Waals surface area contributed by atoms with E-state index in [9.17, 15) is 8.42 Å². The average molecular weight is 309 g/mol. The fraction of sp³-hybridized carbons (Fsp3) is 0.800. The highest BCUT2D eigenvalue weighted by Gasteiger charge is 2.52. The lowest BCUT2D eigenvalue weighted by molar-refractivity contribution is -0.00810. The number of nitrogens with zero attached hydrogens (tertiary/aromatic N) is 1. The van der Waals surface area contributed by atoms with E-state index in [2.05, 4.69) is 14.9 Å². The van der Waals surface area contributed by atoms with E-state index >= 15 is 0 Å². The predicted molar refractivity (Wildman–Crippen MR) is 79.3 cm³/mol. The third-order valence-electron chi connectivity index (χ3n) is 5.72. The number of rotatable bonds is 3. The molecule has 2 N–H and O–H groups in total. The SMILES string of the molecule is Cc1n[nH]c(C)c1S(=O)(=O)NC12CC3CC(CC(C3)C1)C2. The Morgan fingerprint density at radius 1 is 1.10 bits per heavy atom. The van der Waals surface area contributed by atoms with Gasteiger partial charge in [-0.3, -0.25) is 5.10 Å². The van der Waals surface area contributed by atoms with Crippen molar-refractivity contribution in [1.29, 1.82) is 0 Å². The van der Waals surface area contributed by atoms with Crippen LogP contribution in [0.3, 0.4) is 0 Å². The fourth-order valence-electron chi connectivity index (χ4n) is 5.51. The predicted octanol–water partition coefficient (Wildman–Crippen LogP) is 2.27. The summed E-state index contributed by atoms with van der Waals surface area (Å²) in [4.78, 5) is 0.346. The van der Waals surface area contributed by atoms with Gasteiger partial charge in [-0.1, -0.05) is 0 Å². The third kappa shape index (κ3) is 2.14. The van der Waals surface area contributed by atoms with Gasteiger partial charge in [0.1, 0.15) is 4.90 Å². The zero-order chi connectivity index (χ0) is 14.8. The summed E-state index contributed by atoms with van der Waals surface area (Å²) in [5.74, 6) is 2.18. The van der Waals surface area contributed by atoms with Crippen LogP contribution in [0.15, 0.2) is 4.90 Å². The smallest absolute Gasteiger partial charge is 0.244 e. The Bertz CT molecular complexity index is 622. The zero-order valence-electron chi connectivity index (χ0n) is 12.6. The fourth-order valence-corrected chi connectivity index (χ4v) is 7.31. The van der Waals surface area contributed by atoms with E-state index in [1.807, 2.05) is 0 Å². The quantitative estimate of drug-likeness (QED) is 0.899. The minimum absolute atomic E-state index is 0.191. The molecule has 4 saturated carbocycles. The van der Waals surface area contributed by atoms with Crippen LogP contribution in [-0.4, -0.2) is 24.2 Å². The van der Waals surface area contributed by atoms with Gasteiger partial charge in [0.2, 0.25) is 10.0 Å². The molecule has 21 heavy (non-hydrogen) atoms. The van der Waals surface area contributed by atoms with E-state index in [-0.39, 0.29) is 5.54 Å². The van der Waals surface area contributed by atoms with Crippen LogP contribution in [-0.2, 0) is 10.0 Å². The Labute approximate surface area is 126 Å². The largest absolute Gasteiger partial charge is 0.281 e. The summed E-state index contributed by atoms with van der Waals surface area (Å²) >= 11 is 0. The highest BCUT2D eigenvalue weighted by atomic mass is 32.2. The number of hydrogen-bond acceptors (Lipinski definition) is 3. The molecular formula is C15H23N3O2S. The maximum absolute atomic E-state index is 12.8. The summed E-state index contributed by atoms with van der Waals surface area (Å²) < 4.78 is 28.8. The Balaban J connectivity index is 1.67. The molecule has 1 aromatic rings. The van der Waals surface area contributed by atoms with Gasteiger partial charge in [0.25, 0.3) is 0 Å². The molecule has 5 nitrogen and oxygen atoms in total. The molecule has 0 spiro atoms. The normalized spacial score (nSPS) is 38.1. The van der Waals surface area contributed by atoms with Crippen LogP contribution in [0.2, 0.25) is 0 Å². The van der Waals surface area contributed by atoms with Crippen LogP contribution in [0.5, 0.6) is 0 Å². The molecule has 116 valence electrons. The van der Waals surface area contributed by atoms with Crippen molar-refractivity contribution in [3.8, 4) is 0 Å². The van der Waals surface area contributed by atoms with Crippen LogP contribution < -0.4 is 4.72 Å². The molecule has 6 heteroatoms. The summed E-state index contributed by atoms with van der Waals surface area (Å²) in [5, 5.41) is 6.81. The second-order valence-electron chi connectivity index (χ2n) is 7.57. The first-order valence-electron chi connectivity index (χ1n) is 7.92. The highest BCUT2D eigenvalue weighted by Crippen LogP contribution is 2.56. The minimum atomic E-state index is -3.48. The van der Waals surface area contributed by atoms with Crippen molar-refractivity contribution in [1.82, 2.24) is 14.9 Å². The summed E-state index contributed by atoms with van der Waals surface area (Å²) in [6, 6.07) is 0. The van der Waals surface area contributed by atoms with E-state index in [1.165, 1.54) is 19.3 Å². The summed E-state index contributed by atoms with van der Waals surface area (Å²) in [7, 11) is -3.48. The maximum atomic E-state index is 12.8.